The molecule has 0 radical (unpaired) electrons. The molecule has 9 heteroatoms. The number of carbonyl (C=O) groups excluding carboxylic acids is 2. The average molecular weight is 290 g/mol. The second-order valence-corrected chi connectivity index (χ2v) is 3.96. The summed E-state index contributed by atoms with van der Waals surface area (Å²) in [5.74, 6) is -0.796. The first-order valence-corrected chi connectivity index (χ1v) is 6.08. The van der Waals surface area contributed by atoms with Gasteiger partial charge in [0.15, 0.2) is 11.5 Å². The third kappa shape index (κ3) is 2.91. The molecule has 0 atom stereocenters. The van der Waals surface area contributed by atoms with Crippen molar-refractivity contribution in [2.45, 2.75) is 6.92 Å². The number of amides is 2. The zero-order valence-electron chi connectivity index (χ0n) is 11.2. The maximum atomic E-state index is 11.5. The topological polar surface area (TPSA) is 138 Å². The molecular formula is C12H14N6O3. The minimum atomic E-state index is -0.783. The summed E-state index contributed by atoms with van der Waals surface area (Å²) >= 11 is 0. The van der Waals surface area contributed by atoms with E-state index in [0.29, 0.717) is 11.4 Å². The van der Waals surface area contributed by atoms with E-state index in [4.69, 9.17) is 16.2 Å². The van der Waals surface area contributed by atoms with Crippen molar-refractivity contribution in [1.29, 1.82) is 0 Å². The van der Waals surface area contributed by atoms with Crippen LogP contribution in [0.3, 0.4) is 0 Å². The highest BCUT2D eigenvalue weighted by Crippen LogP contribution is 2.23. The Morgan fingerprint density at radius 2 is 2.10 bits per heavy atom. The van der Waals surface area contributed by atoms with Gasteiger partial charge in [-0.1, -0.05) is 17.3 Å². The van der Waals surface area contributed by atoms with Crippen molar-refractivity contribution in [3.8, 4) is 5.69 Å². The fraction of sp³-hybridized carbons (Fsp3) is 0.167. The van der Waals surface area contributed by atoms with E-state index in [1.54, 1.807) is 31.2 Å². The van der Waals surface area contributed by atoms with E-state index in [1.807, 2.05) is 0 Å². The van der Waals surface area contributed by atoms with Gasteiger partial charge in [0.05, 0.1) is 18.0 Å². The van der Waals surface area contributed by atoms with E-state index in [-0.39, 0.29) is 18.1 Å². The Kier molecular flexibility index (Phi) is 4.02. The van der Waals surface area contributed by atoms with Crippen LogP contribution in [0.1, 0.15) is 17.4 Å². The Morgan fingerprint density at radius 1 is 1.38 bits per heavy atom. The zero-order valence-corrected chi connectivity index (χ0v) is 11.2. The summed E-state index contributed by atoms with van der Waals surface area (Å²) in [6, 6.07) is 6.72. The molecule has 21 heavy (non-hydrogen) atoms. The number of para-hydroxylation sites is 2. The Morgan fingerprint density at radius 3 is 2.71 bits per heavy atom. The van der Waals surface area contributed by atoms with Crippen molar-refractivity contribution in [3.05, 3.63) is 30.0 Å². The maximum Gasteiger partial charge on any atom is 0.411 e. The van der Waals surface area contributed by atoms with Gasteiger partial charge in [-0.3, -0.25) is 10.1 Å². The van der Waals surface area contributed by atoms with Crippen molar-refractivity contribution in [2.75, 3.05) is 17.7 Å². The lowest BCUT2D eigenvalue weighted by atomic mass is 10.2. The largest absolute Gasteiger partial charge is 0.450 e. The number of nitrogens with two attached hydrogens (primary N) is 2. The molecule has 0 aliphatic carbocycles. The molecule has 0 fully saturated rings. The van der Waals surface area contributed by atoms with Crippen LogP contribution in [0.2, 0.25) is 0 Å². The second-order valence-electron chi connectivity index (χ2n) is 3.96. The molecule has 1 aromatic heterocycles. The fourth-order valence-electron chi connectivity index (χ4n) is 1.68. The van der Waals surface area contributed by atoms with Gasteiger partial charge in [-0.2, -0.15) is 4.68 Å². The van der Waals surface area contributed by atoms with E-state index >= 15 is 0 Å². The van der Waals surface area contributed by atoms with Gasteiger partial charge in [0.25, 0.3) is 5.91 Å². The first kappa shape index (κ1) is 14.3. The number of hydrogen-bond donors (Lipinski definition) is 3. The molecule has 1 aromatic carbocycles. The number of nitrogens with one attached hydrogen (secondary N) is 1. The fourth-order valence-corrected chi connectivity index (χ4v) is 1.68. The SMILES string of the molecule is CCOC(=O)Nc1ccccc1-n1nnc(C(N)=O)c1N. The maximum absolute atomic E-state index is 11.5. The van der Waals surface area contributed by atoms with E-state index < -0.39 is 12.0 Å². The Balaban J connectivity index is 2.40. The summed E-state index contributed by atoms with van der Waals surface area (Å²) in [6.07, 6.45) is -0.612. The number of carbonyl (C=O) groups is 2. The molecule has 0 saturated carbocycles. The van der Waals surface area contributed by atoms with Crippen molar-refractivity contribution in [2.24, 2.45) is 5.73 Å². The third-order valence-electron chi connectivity index (χ3n) is 2.58. The molecule has 0 spiro atoms. The van der Waals surface area contributed by atoms with Crippen LogP contribution in [0, 0.1) is 0 Å². The highest BCUT2D eigenvalue weighted by atomic mass is 16.5. The summed E-state index contributed by atoms with van der Waals surface area (Å²) in [5.41, 5.74) is 11.6. The van der Waals surface area contributed by atoms with Gasteiger partial charge in [-0.05, 0) is 19.1 Å². The molecule has 0 aliphatic heterocycles. The van der Waals surface area contributed by atoms with Gasteiger partial charge in [0.2, 0.25) is 0 Å². The van der Waals surface area contributed by atoms with Crippen LogP contribution in [0.25, 0.3) is 5.69 Å². The monoisotopic (exact) mass is 290 g/mol. The smallest absolute Gasteiger partial charge is 0.411 e. The number of nitrogens with zero attached hydrogens (tertiary/aromatic N) is 3. The Labute approximate surface area is 119 Å². The van der Waals surface area contributed by atoms with Crippen molar-refractivity contribution < 1.29 is 14.3 Å². The van der Waals surface area contributed by atoms with Gasteiger partial charge in [0, 0.05) is 0 Å². The molecule has 9 nitrogen and oxygen atoms in total. The number of primary amides is 1. The summed E-state index contributed by atoms with van der Waals surface area (Å²) < 4.78 is 6.02. The van der Waals surface area contributed by atoms with Crippen molar-refractivity contribution in [3.63, 3.8) is 0 Å². The van der Waals surface area contributed by atoms with Crippen LogP contribution >= 0.6 is 0 Å². The molecule has 0 saturated heterocycles. The first-order chi connectivity index (χ1) is 10.0. The lowest BCUT2D eigenvalue weighted by Gasteiger charge is -2.11. The first-order valence-electron chi connectivity index (χ1n) is 6.08. The summed E-state index contributed by atoms with van der Waals surface area (Å²) in [7, 11) is 0. The van der Waals surface area contributed by atoms with Crippen LogP contribution in [-0.2, 0) is 4.74 Å². The minimum absolute atomic E-state index is 0.0133. The molecule has 1 heterocycles. The van der Waals surface area contributed by atoms with Crippen LogP contribution in [0.5, 0.6) is 0 Å². The van der Waals surface area contributed by atoms with Gasteiger partial charge in [-0.15, -0.1) is 5.10 Å². The molecule has 0 unspecified atom stereocenters. The van der Waals surface area contributed by atoms with Gasteiger partial charge < -0.3 is 16.2 Å². The van der Waals surface area contributed by atoms with Gasteiger partial charge in [-0.25, -0.2) is 4.79 Å². The average Bonchev–Trinajstić information content (AvgIpc) is 2.81. The Hall–Kier alpha value is -3.10. The van der Waals surface area contributed by atoms with Crippen LogP contribution in [-0.4, -0.2) is 33.6 Å². The molecule has 2 aromatic rings. The third-order valence-corrected chi connectivity index (χ3v) is 2.58. The molecule has 5 N–H and O–H groups in total. The minimum Gasteiger partial charge on any atom is -0.450 e. The summed E-state index contributed by atoms with van der Waals surface area (Å²) in [4.78, 5) is 22.7. The van der Waals surface area contributed by atoms with Crippen molar-refractivity contribution in [1.82, 2.24) is 15.0 Å². The second kappa shape index (κ2) is 5.90. The number of rotatable bonds is 4. The number of nitrogen functional groups attached to an aromatic ring is 1. The normalized spacial score (nSPS) is 10.1. The highest BCUT2D eigenvalue weighted by molar-refractivity contribution is 5.95. The van der Waals surface area contributed by atoms with E-state index in [9.17, 15) is 9.59 Å². The number of benzene rings is 1. The number of ether oxygens (including phenoxy) is 1. The van der Waals surface area contributed by atoms with E-state index in [0.717, 1.165) is 0 Å². The Bertz CT molecular complexity index is 681. The quantitative estimate of drug-likeness (QED) is 0.750. The molecule has 2 rings (SSSR count). The van der Waals surface area contributed by atoms with Gasteiger partial charge in [0.1, 0.15) is 0 Å². The van der Waals surface area contributed by atoms with Crippen LogP contribution in [0.15, 0.2) is 24.3 Å². The highest BCUT2D eigenvalue weighted by Gasteiger charge is 2.18. The lowest BCUT2D eigenvalue weighted by Crippen LogP contribution is -2.16. The van der Waals surface area contributed by atoms with Crippen molar-refractivity contribution >= 4 is 23.5 Å². The van der Waals surface area contributed by atoms with E-state index in [2.05, 4.69) is 15.6 Å². The van der Waals surface area contributed by atoms with Gasteiger partial charge >= 0.3 is 6.09 Å². The summed E-state index contributed by atoms with van der Waals surface area (Å²) in [6.45, 7) is 1.94. The molecule has 110 valence electrons. The molecule has 2 amide bonds. The number of hydrogen-bond acceptors (Lipinski definition) is 6. The van der Waals surface area contributed by atoms with E-state index in [1.165, 1.54) is 4.68 Å². The molecular weight excluding hydrogens is 276 g/mol. The van der Waals surface area contributed by atoms with Crippen LogP contribution < -0.4 is 16.8 Å². The predicted octanol–water partition coefficient (Wildman–Crippen LogP) is 0.517. The predicted molar refractivity (Wildman–Crippen MR) is 74.9 cm³/mol. The zero-order chi connectivity index (χ0) is 15.4. The standard InChI is InChI=1S/C12H14N6O3/c1-2-21-12(20)15-7-5-3-4-6-8(7)18-10(13)9(11(14)19)16-17-18/h3-6H,2,13H2,1H3,(H2,14,19)(H,15,20). The molecule has 0 aliphatic rings. The number of aromatic nitrogens is 3. The number of anilines is 2. The molecule has 0 bridgehead atoms. The summed E-state index contributed by atoms with van der Waals surface area (Å²) in [5, 5.41) is 9.94. The lowest BCUT2D eigenvalue weighted by molar-refractivity contribution is 0.0996. The van der Waals surface area contributed by atoms with Crippen LogP contribution in [0.4, 0.5) is 16.3 Å².